The summed E-state index contributed by atoms with van der Waals surface area (Å²) in [6, 6.07) is 4.07. The van der Waals surface area contributed by atoms with Gasteiger partial charge in [0.25, 0.3) is 0 Å². The van der Waals surface area contributed by atoms with Crippen LogP contribution in [0.1, 0.15) is 16.2 Å². The van der Waals surface area contributed by atoms with Crippen LogP contribution in [0.5, 0.6) is 0 Å². The van der Waals surface area contributed by atoms with Gasteiger partial charge in [-0.3, -0.25) is 5.10 Å². The van der Waals surface area contributed by atoms with Crippen LogP contribution >= 0.6 is 15.9 Å². The molecule has 4 N–H and O–H groups in total. The van der Waals surface area contributed by atoms with E-state index in [9.17, 15) is 9.59 Å². The number of aromatic nitrogens is 3. The van der Waals surface area contributed by atoms with Crippen molar-refractivity contribution in [1.82, 2.24) is 20.5 Å². The van der Waals surface area contributed by atoms with Crippen LogP contribution < -0.4 is 10.6 Å². The molecule has 2 rings (SSSR count). The lowest BCUT2D eigenvalue weighted by Crippen LogP contribution is -2.29. The summed E-state index contributed by atoms with van der Waals surface area (Å²) in [7, 11) is 0. The molecule has 0 atom stereocenters. The Bertz CT molecular complexity index is 629. The molecule has 0 saturated carbocycles. The maximum absolute atomic E-state index is 11.7. The molecule has 0 radical (unpaired) electrons. The molecule has 0 unspecified atom stereocenters. The Hall–Kier alpha value is -2.42. The number of carboxylic acid groups (broad SMARTS) is 1. The number of para-hydroxylation sites is 1. The van der Waals surface area contributed by atoms with E-state index in [4.69, 9.17) is 5.11 Å². The van der Waals surface area contributed by atoms with E-state index in [1.165, 1.54) is 12.4 Å². The summed E-state index contributed by atoms with van der Waals surface area (Å²) in [5.41, 5.74) is 0.185. The first-order valence-electron chi connectivity index (χ1n) is 5.49. The number of anilines is 1. The van der Waals surface area contributed by atoms with Crippen LogP contribution in [0.3, 0.4) is 0 Å². The maximum Gasteiger partial charge on any atom is 0.337 e. The molecule has 0 spiro atoms. The lowest BCUT2D eigenvalue weighted by molar-refractivity contribution is 0.0698. The van der Waals surface area contributed by atoms with Crippen LogP contribution in [-0.4, -0.2) is 32.3 Å². The number of rotatable bonds is 4. The lowest BCUT2D eigenvalue weighted by atomic mass is 10.2. The zero-order chi connectivity index (χ0) is 14.5. The number of carbonyl (C=O) groups is 2. The fourth-order valence-electron chi connectivity index (χ4n) is 1.47. The smallest absolute Gasteiger partial charge is 0.337 e. The summed E-state index contributed by atoms with van der Waals surface area (Å²) in [5, 5.41) is 20.3. The molecule has 2 aromatic rings. The molecule has 9 heteroatoms. The number of urea groups is 1. The van der Waals surface area contributed by atoms with Crippen molar-refractivity contribution >= 4 is 33.6 Å². The highest BCUT2D eigenvalue weighted by atomic mass is 79.9. The normalized spacial score (nSPS) is 10.1. The van der Waals surface area contributed by atoms with Gasteiger partial charge in [-0.2, -0.15) is 5.10 Å². The Morgan fingerprint density at radius 1 is 1.40 bits per heavy atom. The predicted molar refractivity (Wildman–Crippen MR) is 73.3 cm³/mol. The monoisotopic (exact) mass is 339 g/mol. The number of halogens is 1. The van der Waals surface area contributed by atoms with E-state index >= 15 is 0 Å². The molecule has 0 aliphatic rings. The van der Waals surface area contributed by atoms with Gasteiger partial charge in [0.05, 0.1) is 17.8 Å². The summed E-state index contributed by atoms with van der Waals surface area (Å²) in [6.07, 6.45) is 1.32. The van der Waals surface area contributed by atoms with Gasteiger partial charge in [0.2, 0.25) is 0 Å². The minimum absolute atomic E-state index is 0.00538. The zero-order valence-electron chi connectivity index (χ0n) is 10.1. The number of hydrogen-bond acceptors (Lipinski definition) is 4. The summed E-state index contributed by atoms with van der Waals surface area (Å²) < 4.78 is 0.479. The topological polar surface area (TPSA) is 120 Å². The van der Waals surface area contributed by atoms with Crippen LogP contribution in [0.4, 0.5) is 10.5 Å². The van der Waals surface area contributed by atoms with Crippen LogP contribution in [-0.2, 0) is 6.54 Å². The van der Waals surface area contributed by atoms with Crippen molar-refractivity contribution in [3.05, 3.63) is 40.4 Å². The number of carbonyl (C=O) groups excluding carboxylic acids is 1. The molecule has 104 valence electrons. The highest BCUT2D eigenvalue weighted by Crippen LogP contribution is 2.26. The minimum Gasteiger partial charge on any atom is -0.478 e. The summed E-state index contributed by atoms with van der Waals surface area (Å²) in [5.74, 6) is -0.637. The SMILES string of the molecule is O=C(NCc1ncn[nH]1)Nc1c(Br)cccc1C(=O)O. The van der Waals surface area contributed by atoms with E-state index in [2.05, 4.69) is 41.7 Å². The second kappa shape index (κ2) is 6.15. The molecule has 0 aliphatic heterocycles. The Morgan fingerprint density at radius 3 is 2.85 bits per heavy atom. The third kappa shape index (κ3) is 3.32. The van der Waals surface area contributed by atoms with E-state index in [0.717, 1.165) is 0 Å². The third-order valence-corrected chi connectivity index (χ3v) is 3.02. The number of benzene rings is 1. The predicted octanol–water partition coefficient (Wildman–Crippen LogP) is 1.59. The van der Waals surface area contributed by atoms with Gasteiger partial charge in [0, 0.05) is 4.47 Å². The van der Waals surface area contributed by atoms with Gasteiger partial charge in [-0.25, -0.2) is 14.6 Å². The van der Waals surface area contributed by atoms with Crippen molar-refractivity contribution in [2.45, 2.75) is 6.54 Å². The summed E-state index contributed by atoms with van der Waals surface area (Å²) >= 11 is 3.20. The number of amides is 2. The molecule has 2 amide bonds. The largest absolute Gasteiger partial charge is 0.478 e. The van der Waals surface area contributed by atoms with Crippen molar-refractivity contribution in [2.75, 3.05) is 5.32 Å². The van der Waals surface area contributed by atoms with Gasteiger partial charge in [-0.05, 0) is 28.1 Å². The van der Waals surface area contributed by atoms with Gasteiger partial charge >= 0.3 is 12.0 Å². The average Bonchev–Trinajstić information content (AvgIpc) is 2.91. The Balaban J connectivity index is 2.06. The number of nitrogens with zero attached hydrogens (tertiary/aromatic N) is 2. The average molecular weight is 340 g/mol. The molecule has 20 heavy (non-hydrogen) atoms. The second-order valence-corrected chi connectivity index (χ2v) is 4.56. The van der Waals surface area contributed by atoms with Crippen molar-refractivity contribution in [1.29, 1.82) is 0 Å². The van der Waals surface area contributed by atoms with Gasteiger partial charge in [-0.15, -0.1) is 0 Å². The number of aromatic amines is 1. The van der Waals surface area contributed by atoms with Crippen molar-refractivity contribution < 1.29 is 14.7 Å². The second-order valence-electron chi connectivity index (χ2n) is 3.71. The number of aromatic carboxylic acids is 1. The first kappa shape index (κ1) is 14.0. The standard InChI is InChI=1S/C11H10BrN5O3/c12-7-3-1-2-6(10(18)19)9(7)16-11(20)13-4-8-14-5-15-17-8/h1-3,5H,4H2,(H,18,19)(H2,13,16,20)(H,14,15,17). The van der Waals surface area contributed by atoms with Gasteiger partial charge in [0.15, 0.2) is 0 Å². The minimum atomic E-state index is -1.13. The van der Waals surface area contributed by atoms with Crippen molar-refractivity contribution in [2.24, 2.45) is 0 Å². The Morgan fingerprint density at radius 2 is 2.20 bits per heavy atom. The first-order chi connectivity index (χ1) is 9.58. The fourth-order valence-corrected chi connectivity index (χ4v) is 1.93. The summed E-state index contributed by atoms with van der Waals surface area (Å²) in [6.45, 7) is 0.151. The number of hydrogen-bond donors (Lipinski definition) is 4. The van der Waals surface area contributed by atoms with Gasteiger partial charge in [-0.1, -0.05) is 6.07 Å². The molecule has 8 nitrogen and oxygen atoms in total. The van der Waals surface area contributed by atoms with Crippen molar-refractivity contribution in [3.8, 4) is 0 Å². The van der Waals surface area contributed by atoms with Gasteiger partial charge in [0.1, 0.15) is 12.2 Å². The highest BCUT2D eigenvalue weighted by Gasteiger charge is 2.15. The molecular weight excluding hydrogens is 330 g/mol. The summed E-state index contributed by atoms with van der Waals surface area (Å²) in [4.78, 5) is 26.7. The molecule has 1 aromatic heterocycles. The van der Waals surface area contributed by atoms with Crippen LogP contribution in [0, 0.1) is 0 Å². The lowest BCUT2D eigenvalue weighted by Gasteiger charge is -2.11. The van der Waals surface area contributed by atoms with E-state index in [0.29, 0.717) is 10.3 Å². The molecule has 1 aromatic carbocycles. The molecule has 0 fully saturated rings. The quantitative estimate of drug-likeness (QED) is 0.674. The molecule has 0 bridgehead atoms. The highest BCUT2D eigenvalue weighted by molar-refractivity contribution is 9.10. The Labute approximate surface area is 121 Å². The Kier molecular flexibility index (Phi) is 4.31. The van der Waals surface area contributed by atoms with Gasteiger partial charge < -0.3 is 15.7 Å². The number of carboxylic acids is 1. The molecule has 1 heterocycles. The van der Waals surface area contributed by atoms with E-state index in [-0.39, 0.29) is 17.8 Å². The van der Waals surface area contributed by atoms with Crippen LogP contribution in [0.2, 0.25) is 0 Å². The third-order valence-electron chi connectivity index (χ3n) is 2.36. The zero-order valence-corrected chi connectivity index (χ0v) is 11.6. The van der Waals surface area contributed by atoms with Crippen molar-refractivity contribution in [3.63, 3.8) is 0 Å². The van der Waals surface area contributed by atoms with Crippen LogP contribution in [0.15, 0.2) is 29.0 Å². The molecule has 0 saturated heterocycles. The number of H-pyrrole nitrogens is 1. The van der Waals surface area contributed by atoms with E-state index in [1.807, 2.05) is 0 Å². The molecular formula is C11H10BrN5O3. The first-order valence-corrected chi connectivity index (χ1v) is 6.28. The molecule has 0 aliphatic carbocycles. The van der Waals surface area contributed by atoms with Crippen LogP contribution in [0.25, 0.3) is 0 Å². The number of nitrogens with one attached hydrogen (secondary N) is 3. The maximum atomic E-state index is 11.7. The fraction of sp³-hybridized carbons (Fsp3) is 0.0909. The van der Waals surface area contributed by atoms with E-state index in [1.54, 1.807) is 12.1 Å². The van der Waals surface area contributed by atoms with E-state index < -0.39 is 12.0 Å².